The van der Waals surface area contributed by atoms with Gasteiger partial charge in [0.25, 0.3) is 11.8 Å². The lowest BCUT2D eigenvalue weighted by Crippen LogP contribution is -2.28. The van der Waals surface area contributed by atoms with E-state index in [0.717, 1.165) is 11.4 Å². The number of imide groups is 1. The minimum absolute atomic E-state index is 0.157. The molecule has 0 unspecified atom stereocenters. The van der Waals surface area contributed by atoms with Gasteiger partial charge in [0.15, 0.2) is 11.5 Å². The predicted octanol–water partition coefficient (Wildman–Crippen LogP) is 2.15. The average Bonchev–Trinajstić information content (AvgIpc) is 3.30. The molecule has 7 heteroatoms. The third-order valence-electron chi connectivity index (χ3n) is 5.29. The molecule has 2 amide bonds. The van der Waals surface area contributed by atoms with Crippen LogP contribution in [0, 0.1) is 23.7 Å². The van der Waals surface area contributed by atoms with Crippen molar-refractivity contribution in [3.63, 3.8) is 0 Å². The molecule has 7 nitrogen and oxygen atoms in total. The second kappa shape index (κ2) is 6.64. The van der Waals surface area contributed by atoms with Crippen molar-refractivity contribution < 1.29 is 23.9 Å². The van der Waals surface area contributed by atoms with E-state index in [1.165, 1.54) is 13.1 Å². The molecule has 4 rings (SSSR count). The van der Waals surface area contributed by atoms with Gasteiger partial charge in [-0.3, -0.25) is 14.4 Å². The number of hydrazone groups is 1. The van der Waals surface area contributed by atoms with Gasteiger partial charge in [-0.2, -0.15) is 10.1 Å². The maximum absolute atomic E-state index is 12.6. The summed E-state index contributed by atoms with van der Waals surface area (Å²) >= 11 is 0. The number of hydrogen-bond acceptors (Lipinski definition) is 6. The van der Waals surface area contributed by atoms with E-state index in [4.69, 9.17) is 9.47 Å². The minimum Gasteiger partial charge on any atom is -0.490 e. The molecule has 1 aromatic carbocycles. The maximum Gasteiger partial charge on any atom is 0.308 e. The Morgan fingerprint density at radius 1 is 1.19 bits per heavy atom. The van der Waals surface area contributed by atoms with Crippen LogP contribution in [0.25, 0.3) is 0 Å². The highest BCUT2D eigenvalue weighted by Gasteiger charge is 2.59. The average molecular weight is 368 g/mol. The van der Waals surface area contributed by atoms with Crippen molar-refractivity contribution in [2.75, 3.05) is 6.61 Å². The van der Waals surface area contributed by atoms with Crippen molar-refractivity contribution in [1.29, 1.82) is 0 Å². The number of fused-ring (bicyclic) bond motifs is 5. The molecule has 1 aromatic rings. The summed E-state index contributed by atoms with van der Waals surface area (Å²) in [5.74, 6) is -0.403. The van der Waals surface area contributed by atoms with Gasteiger partial charge in [0.1, 0.15) is 0 Å². The predicted molar refractivity (Wildman–Crippen MR) is 96.1 cm³/mol. The molecule has 2 fully saturated rings. The van der Waals surface area contributed by atoms with Gasteiger partial charge in [0.05, 0.1) is 24.7 Å². The molecule has 0 spiro atoms. The van der Waals surface area contributed by atoms with Crippen LogP contribution < -0.4 is 9.47 Å². The van der Waals surface area contributed by atoms with E-state index in [1.54, 1.807) is 18.2 Å². The number of amides is 2. The van der Waals surface area contributed by atoms with E-state index >= 15 is 0 Å². The van der Waals surface area contributed by atoms with Crippen molar-refractivity contribution in [2.45, 2.75) is 20.3 Å². The Hall–Kier alpha value is -2.96. The number of rotatable bonds is 5. The summed E-state index contributed by atoms with van der Waals surface area (Å²) in [5, 5.41) is 5.15. The SMILES string of the molecule is CCOc1cc(C=NN2C(=O)[C@@H]3[C@H](C2=O)[C@H]2C=C[C@H]3C2)ccc1OC(C)=O. The Bertz CT molecular complexity index is 845. The van der Waals surface area contributed by atoms with Crippen LogP contribution in [-0.4, -0.2) is 35.6 Å². The van der Waals surface area contributed by atoms with Gasteiger partial charge in [0.2, 0.25) is 0 Å². The van der Waals surface area contributed by atoms with Crippen molar-refractivity contribution >= 4 is 24.0 Å². The fourth-order valence-electron chi connectivity index (χ4n) is 4.24. The molecule has 1 saturated heterocycles. The monoisotopic (exact) mass is 368 g/mol. The first kappa shape index (κ1) is 17.5. The number of benzene rings is 1. The number of nitrogens with zero attached hydrogens (tertiary/aromatic N) is 2. The van der Waals surface area contributed by atoms with Crippen molar-refractivity contribution in [2.24, 2.45) is 28.8 Å². The zero-order valence-electron chi connectivity index (χ0n) is 15.1. The number of carbonyl (C=O) groups is 3. The van der Waals surface area contributed by atoms with Gasteiger partial charge in [-0.25, -0.2) is 0 Å². The van der Waals surface area contributed by atoms with Gasteiger partial charge in [-0.15, -0.1) is 0 Å². The lowest BCUT2D eigenvalue weighted by atomic mass is 9.85. The third-order valence-corrected chi connectivity index (χ3v) is 5.29. The van der Waals surface area contributed by atoms with E-state index in [0.29, 0.717) is 23.7 Å². The van der Waals surface area contributed by atoms with E-state index in [9.17, 15) is 14.4 Å². The van der Waals surface area contributed by atoms with E-state index in [-0.39, 0.29) is 35.5 Å². The number of allylic oxidation sites excluding steroid dienone is 2. The van der Waals surface area contributed by atoms with Crippen LogP contribution in [0.4, 0.5) is 0 Å². The van der Waals surface area contributed by atoms with Crippen LogP contribution in [0.15, 0.2) is 35.5 Å². The summed E-state index contributed by atoms with van der Waals surface area (Å²) in [6.07, 6.45) is 6.44. The number of hydrogen-bond donors (Lipinski definition) is 0. The minimum atomic E-state index is -0.444. The number of esters is 1. The van der Waals surface area contributed by atoms with Gasteiger partial charge >= 0.3 is 5.97 Å². The largest absolute Gasteiger partial charge is 0.490 e. The zero-order valence-corrected chi connectivity index (χ0v) is 15.1. The molecule has 0 N–H and O–H groups in total. The van der Waals surface area contributed by atoms with E-state index in [2.05, 4.69) is 5.10 Å². The first-order valence-electron chi connectivity index (χ1n) is 9.05. The molecular formula is C20H20N2O5. The van der Waals surface area contributed by atoms with Crippen LogP contribution in [-0.2, 0) is 14.4 Å². The molecule has 1 heterocycles. The summed E-state index contributed by atoms with van der Waals surface area (Å²) in [6, 6.07) is 4.93. The standard InChI is InChI=1S/C20H20N2O5/c1-3-26-16-8-12(4-7-15(16)27-11(2)23)10-21-22-19(24)17-13-5-6-14(9-13)18(17)20(22)25/h4-8,10,13-14,17-18H,3,9H2,1-2H3/t13-,14-,17-,18+/m0/s1. The molecular weight excluding hydrogens is 348 g/mol. The number of ether oxygens (including phenoxy) is 2. The number of carbonyl (C=O) groups excluding carboxylic acids is 3. The van der Waals surface area contributed by atoms with Crippen LogP contribution in [0.3, 0.4) is 0 Å². The van der Waals surface area contributed by atoms with Gasteiger partial charge in [0, 0.05) is 6.92 Å². The summed E-state index contributed by atoms with van der Waals surface area (Å²) in [5.41, 5.74) is 0.633. The van der Waals surface area contributed by atoms with Crippen LogP contribution in [0.5, 0.6) is 11.5 Å². The molecule has 3 aliphatic rings. The Labute approximate surface area is 156 Å². The van der Waals surface area contributed by atoms with Crippen LogP contribution in [0.1, 0.15) is 25.8 Å². The van der Waals surface area contributed by atoms with Crippen molar-refractivity contribution in [1.82, 2.24) is 5.01 Å². The molecule has 1 aliphatic heterocycles. The summed E-state index contributed by atoms with van der Waals surface area (Å²) < 4.78 is 10.6. The second-order valence-electron chi connectivity index (χ2n) is 6.97. The highest BCUT2D eigenvalue weighted by atomic mass is 16.6. The normalized spacial score (nSPS) is 28.3. The fraction of sp³-hybridized carbons (Fsp3) is 0.400. The van der Waals surface area contributed by atoms with Crippen LogP contribution >= 0.6 is 0 Å². The Morgan fingerprint density at radius 3 is 2.44 bits per heavy atom. The highest BCUT2D eigenvalue weighted by Crippen LogP contribution is 2.52. The van der Waals surface area contributed by atoms with Crippen molar-refractivity contribution in [3.8, 4) is 11.5 Å². The molecule has 2 bridgehead atoms. The molecule has 27 heavy (non-hydrogen) atoms. The van der Waals surface area contributed by atoms with E-state index < -0.39 is 5.97 Å². The van der Waals surface area contributed by atoms with Gasteiger partial charge in [-0.1, -0.05) is 12.2 Å². The third kappa shape index (κ3) is 2.93. The van der Waals surface area contributed by atoms with E-state index in [1.807, 2.05) is 19.1 Å². The molecule has 140 valence electrons. The molecule has 2 aliphatic carbocycles. The summed E-state index contributed by atoms with van der Waals surface area (Å²) in [6.45, 7) is 3.53. The highest BCUT2D eigenvalue weighted by molar-refractivity contribution is 6.06. The molecule has 0 aromatic heterocycles. The van der Waals surface area contributed by atoms with Crippen molar-refractivity contribution in [3.05, 3.63) is 35.9 Å². The van der Waals surface area contributed by atoms with Gasteiger partial charge < -0.3 is 9.47 Å². The van der Waals surface area contributed by atoms with Crippen LogP contribution in [0.2, 0.25) is 0 Å². The maximum atomic E-state index is 12.6. The lowest BCUT2D eigenvalue weighted by Gasteiger charge is -2.13. The second-order valence-corrected chi connectivity index (χ2v) is 6.97. The Balaban J connectivity index is 1.55. The summed E-state index contributed by atoms with van der Waals surface area (Å²) in [7, 11) is 0. The molecule has 1 saturated carbocycles. The van der Waals surface area contributed by atoms with Gasteiger partial charge in [-0.05, 0) is 48.9 Å². The Morgan fingerprint density at radius 2 is 1.85 bits per heavy atom. The Kier molecular flexibility index (Phi) is 4.30. The quantitative estimate of drug-likeness (QED) is 0.261. The lowest BCUT2D eigenvalue weighted by molar-refractivity contribution is -0.140. The fourth-order valence-corrected chi connectivity index (χ4v) is 4.24. The zero-order chi connectivity index (χ0) is 19.1. The molecule has 4 atom stereocenters. The topological polar surface area (TPSA) is 85.3 Å². The molecule has 0 radical (unpaired) electrons. The first-order chi connectivity index (χ1) is 13.0. The summed E-state index contributed by atoms with van der Waals surface area (Å²) in [4.78, 5) is 36.4. The smallest absolute Gasteiger partial charge is 0.308 e. The first-order valence-corrected chi connectivity index (χ1v) is 9.05.